The summed E-state index contributed by atoms with van der Waals surface area (Å²) in [4.78, 5) is 26.6. The van der Waals surface area contributed by atoms with Gasteiger partial charge in [0.15, 0.2) is 17.8 Å². The molecule has 0 radical (unpaired) electrons. The van der Waals surface area contributed by atoms with Crippen molar-refractivity contribution in [3.8, 4) is 0 Å². The van der Waals surface area contributed by atoms with E-state index >= 15 is 4.39 Å². The van der Waals surface area contributed by atoms with E-state index in [0.717, 1.165) is 4.90 Å². The lowest BCUT2D eigenvalue weighted by Gasteiger charge is -2.38. The molecule has 1 amide bonds. The van der Waals surface area contributed by atoms with E-state index in [4.69, 9.17) is 9.26 Å². The third-order valence-electron chi connectivity index (χ3n) is 4.91. The van der Waals surface area contributed by atoms with E-state index in [1.54, 1.807) is 4.90 Å². The fourth-order valence-electron chi connectivity index (χ4n) is 3.78. The maximum atomic E-state index is 15.2. The molecule has 0 aliphatic carbocycles. The number of ether oxygens (including phenoxy) is 1. The molecule has 0 unspecified atom stereocenters. The number of rotatable bonds is 3. The fourth-order valence-corrected chi connectivity index (χ4v) is 3.78. The molecule has 2 aromatic rings. The van der Waals surface area contributed by atoms with Gasteiger partial charge in [0.25, 0.3) is 11.8 Å². The molecule has 0 spiro atoms. The molecule has 28 heavy (non-hydrogen) atoms. The number of anilines is 1. The highest BCUT2D eigenvalue weighted by molar-refractivity contribution is 6.07. The first kappa shape index (κ1) is 18.7. The number of hydrogen-bond donors (Lipinski definition) is 0. The van der Waals surface area contributed by atoms with Gasteiger partial charge in [0, 0.05) is 18.7 Å². The van der Waals surface area contributed by atoms with E-state index < -0.39 is 30.7 Å². The van der Waals surface area contributed by atoms with Crippen LogP contribution < -0.4 is 4.90 Å². The van der Waals surface area contributed by atoms with Crippen LogP contribution in [0, 0.1) is 5.82 Å². The molecule has 0 N–H and O–H groups in total. The average molecular weight is 397 g/mol. The normalized spacial score (nSPS) is 24.3. The largest absolute Gasteiger partial charge is 0.372 e. The van der Waals surface area contributed by atoms with Crippen LogP contribution in [0.4, 0.5) is 18.9 Å². The molecule has 10 heteroatoms. The number of fused-ring (bicyclic) bond motifs is 1. The maximum absolute atomic E-state index is 15.2. The Morgan fingerprint density at radius 3 is 2.50 bits per heavy atom. The monoisotopic (exact) mass is 397 g/mol. The number of amides is 1. The lowest BCUT2D eigenvalue weighted by Crippen LogP contribution is -2.58. The minimum absolute atomic E-state index is 0.0158. The van der Waals surface area contributed by atoms with E-state index in [2.05, 4.69) is 5.16 Å². The highest BCUT2D eigenvalue weighted by atomic mass is 19.3. The number of carbonyl (C=O) groups is 2. The Labute approximate surface area is 158 Å². The molecular weight excluding hydrogens is 379 g/mol. The van der Waals surface area contributed by atoms with Crippen molar-refractivity contribution in [1.29, 1.82) is 0 Å². The maximum Gasteiger partial charge on any atom is 0.282 e. The first-order valence-electron chi connectivity index (χ1n) is 8.84. The Morgan fingerprint density at radius 2 is 1.93 bits per heavy atom. The first-order chi connectivity index (χ1) is 13.2. The van der Waals surface area contributed by atoms with E-state index in [0.29, 0.717) is 19.4 Å². The van der Waals surface area contributed by atoms with Crippen LogP contribution in [-0.2, 0) is 4.74 Å². The smallest absolute Gasteiger partial charge is 0.282 e. The van der Waals surface area contributed by atoms with Crippen LogP contribution in [0.3, 0.4) is 0 Å². The van der Waals surface area contributed by atoms with Crippen LogP contribution in [0.15, 0.2) is 10.6 Å². The number of carbonyl (C=O) groups excluding carboxylic acids is 2. The van der Waals surface area contributed by atoms with Crippen LogP contribution in [0.1, 0.15) is 34.7 Å². The lowest BCUT2D eigenvalue weighted by molar-refractivity contribution is -0.113. The van der Waals surface area contributed by atoms with Crippen molar-refractivity contribution >= 4 is 28.8 Å². The van der Waals surface area contributed by atoms with E-state index in [1.165, 1.54) is 6.07 Å². The zero-order chi connectivity index (χ0) is 20.2. The van der Waals surface area contributed by atoms with Gasteiger partial charge in [-0.1, -0.05) is 5.16 Å². The summed E-state index contributed by atoms with van der Waals surface area (Å²) in [7, 11) is 0. The predicted molar refractivity (Wildman–Crippen MR) is 92.4 cm³/mol. The number of hydrogen-bond acceptors (Lipinski definition) is 6. The Kier molecular flexibility index (Phi) is 4.33. The molecule has 2 fully saturated rings. The molecule has 3 heterocycles. The summed E-state index contributed by atoms with van der Waals surface area (Å²) in [5.74, 6) is -4.55. The van der Waals surface area contributed by atoms with Gasteiger partial charge in [0.2, 0.25) is 5.58 Å². The number of alkyl halides is 2. The number of likely N-dealkylation sites (tertiary alicyclic amines) is 1. The van der Waals surface area contributed by atoms with Gasteiger partial charge in [-0.3, -0.25) is 9.59 Å². The second-order valence-corrected chi connectivity index (χ2v) is 7.33. The third-order valence-corrected chi connectivity index (χ3v) is 4.91. The van der Waals surface area contributed by atoms with Gasteiger partial charge in [-0.2, -0.15) is 0 Å². The summed E-state index contributed by atoms with van der Waals surface area (Å²) in [5, 5.41) is 3.57. The van der Waals surface area contributed by atoms with Gasteiger partial charge in [0.05, 0.1) is 36.4 Å². The lowest BCUT2D eigenvalue weighted by atomic mass is 10.0. The highest BCUT2D eigenvalue weighted by Gasteiger charge is 2.47. The molecular formula is C18H18F3N3O4. The zero-order valence-electron chi connectivity index (χ0n) is 15.2. The number of aldehydes is 1. The Morgan fingerprint density at radius 1 is 1.29 bits per heavy atom. The number of nitrogens with zero attached hydrogens (tertiary/aromatic N) is 3. The molecule has 2 aliphatic heterocycles. The molecule has 0 saturated carbocycles. The van der Waals surface area contributed by atoms with Crippen LogP contribution >= 0.6 is 0 Å². The summed E-state index contributed by atoms with van der Waals surface area (Å²) in [5.41, 5.74) is -0.501. The van der Waals surface area contributed by atoms with Crippen LogP contribution in [0.2, 0.25) is 0 Å². The van der Waals surface area contributed by atoms with Crippen molar-refractivity contribution in [3.63, 3.8) is 0 Å². The molecule has 0 bridgehead atoms. The average Bonchev–Trinajstić information content (AvgIpc) is 3.02. The molecule has 1 aromatic heterocycles. The van der Waals surface area contributed by atoms with Crippen LogP contribution in [-0.4, -0.2) is 66.6 Å². The fraction of sp³-hybridized carbons (Fsp3) is 0.500. The molecule has 7 nitrogen and oxygen atoms in total. The van der Waals surface area contributed by atoms with Crippen molar-refractivity contribution < 1.29 is 32.0 Å². The second-order valence-electron chi connectivity index (χ2n) is 7.33. The summed E-state index contributed by atoms with van der Waals surface area (Å²) < 4.78 is 52.0. The molecule has 150 valence electrons. The number of aromatic nitrogens is 1. The van der Waals surface area contributed by atoms with Crippen LogP contribution in [0.5, 0.6) is 0 Å². The molecule has 4 rings (SSSR count). The van der Waals surface area contributed by atoms with Crippen molar-refractivity contribution in [2.24, 2.45) is 0 Å². The number of benzene rings is 1. The van der Waals surface area contributed by atoms with E-state index in [1.807, 2.05) is 13.8 Å². The van der Waals surface area contributed by atoms with Crippen LogP contribution in [0.25, 0.3) is 11.0 Å². The quantitative estimate of drug-likeness (QED) is 0.741. The summed E-state index contributed by atoms with van der Waals surface area (Å²) in [6, 6.07) is 1.31. The Bertz CT molecular complexity index is 943. The number of halogens is 3. The molecule has 2 saturated heterocycles. The van der Waals surface area contributed by atoms with E-state index in [9.17, 15) is 18.4 Å². The van der Waals surface area contributed by atoms with Crippen molar-refractivity contribution in [3.05, 3.63) is 23.1 Å². The van der Waals surface area contributed by atoms with Crippen molar-refractivity contribution in [2.45, 2.75) is 32.0 Å². The second kappa shape index (κ2) is 6.47. The predicted octanol–water partition coefficient (Wildman–Crippen LogP) is 2.48. The standard InChI is InChI=1S/C18H18F3N3O4/c1-9-4-23(5-10(2)27-9)15-11(6-25)3-12-14(22-28-16(12)13(15)19)17(26)24-7-18(20,21)8-24/h3,6,9-10H,4-5,7-8H2,1-2H3/t9-,10-/m1/s1. The summed E-state index contributed by atoms with van der Waals surface area (Å²) in [6.07, 6.45) is 0.151. The Balaban J connectivity index is 1.75. The van der Waals surface area contributed by atoms with Gasteiger partial charge in [-0.25, -0.2) is 13.2 Å². The van der Waals surface area contributed by atoms with E-state index in [-0.39, 0.29) is 40.1 Å². The minimum Gasteiger partial charge on any atom is -0.372 e. The summed E-state index contributed by atoms with van der Waals surface area (Å²) >= 11 is 0. The van der Waals surface area contributed by atoms with Gasteiger partial charge < -0.3 is 19.1 Å². The molecule has 2 atom stereocenters. The highest BCUT2D eigenvalue weighted by Crippen LogP contribution is 2.35. The first-order valence-corrected chi connectivity index (χ1v) is 8.84. The zero-order valence-corrected chi connectivity index (χ0v) is 15.2. The van der Waals surface area contributed by atoms with Gasteiger partial charge in [-0.15, -0.1) is 0 Å². The van der Waals surface area contributed by atoms with Gasteiger partial charge in [-0.05, 0) is 19.9 Å². The Hall–Kier alpha value is -2.62. The SMILES string of the molecule is C[C@@H]1CN(c2c(C=O)cc3c(C(=O)N4CC(F)(F)C4)noc3c2F)C[C@@H](C)O1. The minimum atomic E-state index is -2.94. The topological polar surface area (TPSA) is 75.9 Å². The van der Waals surface area contributed by atoms with Gasteiger partial charge in [0.1, 0.15) is 0 Å². The molecule has 1 aromatic carbocycles. The number of morpholine rings is 1. The van der Waals surface area contributed by atoms with Gasteiger partial charge >= 0.3 is 0 Å². The summed E-state index contributed by atoms with van der Waals surface area (Å²) in [6.45, 7) is 2.96. The molecule has 2 aliphatic rings. The third kappa shape index (κ3) is 3.01. The van der Waals surface area contributed by atoms with Crippen molar-refractivity contribution in [1.82, 2.24) is 10.1 Å². The van der Waals surface area contributed by atoms with Crippen molar-refractivity contribution in [2.75, 3.05) is 31.1 Å².